The lowest BCUT2D eigenvalue weighted by atomic mass is 9.96. The number of nitrogens with one attached hydrogen (secondary N) is 2. The van der Waals surface area contributed by atoms with Crippen LogP contribution in [0.15, 0.2) is 24.3 Å². The van der Waals surface area contributed by atoms with Crippen LogP contribution in [0.3, 0.4) is 0 Å². The van der Waals surface area contributed by atoms with Crippen LogP contribution >= 0.6 is 11.6 Å². The Morgan fingerprint density at radius 3 is 2.59 bits per heavy atom. The molecule has 4 heteroatoms. The Kier molecular flexibility index (Phi) is 3.57. The van der Waals surface area contributed by atoms with Gasteiger partial charge >= 0.3 is 0 Å². The SMILES string of the molecule is CCC(CC)(CCl)Nc1nc2ccccc2[nH]1. The van der Waals surface area contributed by atoms with E-state index in [1.165, 1.54) is 0 Å². The van der Waals surface area contributed by atoms with Gasteiger partial charge < -0.3 is 10.3 Å². The average molecular weight is 252 g/mol. The molecule has 0 spiro atoms. The Hall–Kier alpha value is -1.22. The fourth-order valence-corrected chi connectivity index (χ4v) is 2.36. The van der Waals surface area contributed by atoms with Crippen molar-refractivity contribution in [2.75, 3.05) is 11.2 Å². The predicted molar refractivity (Wildman–Crippen MR) is 73.7 cm³/mol. The van der Waals surface area contributed by atoms with Crippen LogP contribution < -0.4 is 5.32 Å². The van der Waals surface area contributed by atoms with Gasteiger partial charge in [0.25, 0.3) is 0 Å². The normalized spacial score (nSPS) is 11.9. The third kappa shape index (κ3) is 2.39. The van der Waals surface area contributed by atoms with Crippen LogP contribution in [0.2, 0.25) is 0 Å². The van der Waals surface area contributed by atoms with Gasteiger partial charge in [-0.1, -0.05) is 26.0 Å². The second kappa shape index (κ2) is 4.96. The molecule has 2 aromatic rings. The molecular formula is C13H18ClN3. The summed E-state index contributed by atoms with van der Waals surface area (Å²) in [5, 5.41) is 3.43. The summed E-state index contributed by atoms with van der Waals surface area (Å²) in [6.07, 6.45) is 1.95. The number of H-pyrrole nitrogens is 1. The third-order valence-electron chi connectivity index (χ3n) is 3.38. The Morgan fingerprint density at radius 2 is 2.00 bits per heavy atom. The number of fused-ring (bicyclic) bond motifs is 1. The summed E-state index contributed by atoms with van der Waals surface area (Å²) >= 11 is 6.07. The summed E-state index contributed by atoms with van der Waals surface area (Å²) in [6.45, 7) is 4.28. The number of rotatable bonds is 5. The highest BCUT2D eigenvalue weighted by atomic mass is 35.5. The van der Waals surface area contributed by atoms with E-state index in [1.807, 2.05) is 24.3 Å². The van der Waals surface area contributed by atoms with Crippen molar-refractivity contribution in [3.05, 3.63) is 24.3 Å². The molecule has 0 radical (unpaired) electrons. The number of benzene rings is 1. The highest BCUT2D eigenvalue weighted by Crippen LogP contribution is 2.23. The number of nitrogens with zero attached hydrogens (tertiary/aromatic N) is 1. The van der Waals surface area contributed by atoms with Crippen molar-refractivity contribution in [3.63, 3.8) is 0 Å². The zero-order valence-electron chi connectivity index (χ0n) is 10.3. The van der Waals surface area contributed by atoms with Crippen LogP contribution in [-0.2, 0) is 0 Å². The highest BCUT2D eigenvalue weighted by molar-refractivity contribution is 6.18. The molecule has 0 saturated heterocycles. The van der Waals surface area contributed by atoms with Gasteiger partial charge in [0.15, 0.2) is 0 Å². The number of hydrogen-bond donors (Lipinski definition) is 2. The van der Waals surface area contributed by atoms with Gasteiger partial charge in [0.05, 0.1) is 16.6 Å². The van der Waals surface area contributed by atoms with E-state index in [0.717, 1.165) is 29.8 Å². The van der Waals surface area contributed by atoms with Gasteiger partial charge in [-0.2, -0.15) is 0 Å². The second-order valence-electron chi connectivity index (χ2n) is 4.35. The maximum Gasteiger partial charge on any atom is 0.201 e. The lowest BCUT2D eigenvalue weighted by Gasteiger charge is -2.30. The summed E-state index contributed by atoms with van der Waals surface area (Å²) in [4.78, 5) is 7.79. The van der Waals surface area contributed by atoms with Crippen LogP contribution in [0, 0.1) is 0 Å². The number of anilines is 1. The van der Waals surface area contributed by atoms with Gasteiger partial charge in [-0.05, 0) is 25.0 Å². The number of aromatic nitrogens is 2. The molecule has 1 heterocycles. The second-order valence-corrected chi connectivity index (χ2v) is 4.62. The largest absolute Gasteiger partial charge is 0.349 e. The van der Waals surface area contributed by atoms with Gasteiger partial charge in [-0.3, -0.25) is 0 Å². The lowest BCUT2D eigenvalue weighted by Crippen LogP contribution is -2.39. The molecule has 92 valence electrons. The van der Waals surface area contributed by atoms with Crippen LogP contribution in [0.1, 0.15) is 26.7 Å². The third-order valence-corrected chi connectivity index (χ3v) is 3.89. The van der Waals surface area contributed by atoms with E-state index in [1.54, 1.807) is 0 Å². The first-order valence-corrected chi connectivity index (χ1v) is 6.55. The molecule has 0 bridgehead atoms. The maximum atomic E-state index is 6.07. The molecule has 3 nitrogen and oxygen atoms in total. The topological polar surface area (TPSA) is 40.7 Å². The number of hydrogen-bond acceptors (Lipinski definition) is 2. The number of aromatic amines is 1. The van der Waals surface area contributed by atoms with Crippen molar-refractivity contribution in [2.45, 2.75) is 32.2 Å². The molecule has 2 rings (SSSR count). The molecule has 1 aromatic heterocycles. The summed E-state index contributed by atoms with van der Waals surface area (Å²) < 4.78 is 0. The van der Waals surface area contributed by atoms with Crippen molar-refractivity contribution in [2.24, 2.45) is 0 Å². The molecule has 0 aliphatic heterocycles. The van der Waals surface area contributed by atoms with Crippen molar-refractivity contribution in [1.29, 1.82) is 0 Å². The van der Waals surface area contributed by atoms with Crippen molar-refractivity contribution in [3.8, 4) is 0 Å². The maximum absolute atomic E-state index is 6.07. The minimum Gasteiger partial charge on any atom is -0.349 e. The Morgan fingerprint density at radius 1 is 1.29 bits per heavy atom. The Balaban J connectivity index is 2.28. The molecule has 0 unspecified atom stereocenters. The Labute approximate surface area is 107 Å². The van der Waals surface area contributed by atoms with Crippen molar-refractivity contribution >= 4 is 28.6 Å². The minimum absolute atomic E-state index is 0.0740. The number of alkyl halides is 1. The first-order valence-electron chi connectivity index (χ1n) is 6.02. The molecule has 0 aliphatic rings. The van der Waals surface area contributed by atoms with Crippen LogP contribution in [0.4, 0.5) is 5.95 Å². The van der Waals surface area contributed by atoms with Crippen molar-refractivity contribution < 1.29 is 0 Å². The Bertz CT molecular complexity index is 447. The van der Waals surface area contributed by atoms with Gasteiger partial charge in [0.1, 0.15) is 0 Å². The van der Waals surface area contributed by atoms with E-state index in [2.05, 4.69) is 29.1 Å². The minimum atomic E-state index is -0.0740. The van der Waals surface area contributed by atoms with Crippen molar-refractivity contribution in [1.82, 2.24) is 9.97 Å². The molecule has 1 aromatic carbocycles. The smallest absolute Gasteiger partial charge is 0.201 e. The van der Waals surface area contributed by atoms with Crippen LogP contribution in [0.25, 0.3) is 11.0 Å². The van der Waals surface area contributed by atoms with E-state index in [-0.39, 0.29) is 5.54 Å². The quantitative estimate of drug-likeness (QED) is 0.795. The van der Waals surface area contributed by atoms with E-state index in [0.29, 0.717) is 5.88 Å². The average Bonchev–Trinajstić information content (AvgIpc) is 2.78. The van der Waals surface area contributed by atoms with Gasteiger partial charge in [-0.25, -0.2) is 4.98 Å². The molecule has 0 saturated carbocycles. The fraction of sp³-hybridized carbons (Fsp3) is 0.462. The number of imidazole rings is 1. The summed E-state index contributed by atoms with van der Waals surface area (Å²) in [7, 11) is 0. The van der Waals surface area contributed by atoms with Gasteiger partial charge in [-0.15, -0.1) is 11.6 Å². The summed E-state index contributed by atoms with van der Waals surface area (Å²) in [5.74, 6) is 1.38. The standard InChI is InChI=1S/C13H18ClN3/c1-3-13(4-2,9-14)17-12-15-10-7-5-6-8-11(10)16-12/h5-8H,3-4,9H2,1-2H3,(H2,15,16,17). The predicted octanol–water partition coefficient (Wildman–Crippen LogP) is 3.77. The summed E-state index contributed by atoms with van der Waals surface area (Å²) in [6, 6.07) is 8.01. The molecule has 0 atom stereocenters. The molecule has 17 heavy (non-hydrogen) atoms. The lowest BCUT2D eigenvalue weighted by molar-refractivity contribution is 0.481. The summed E-state index contributed by atoms with van der Waals surface area (Å²) in [5.41, 5.74) is 1.95. The molecule has 0 amide bonds. The number of halogens is 1. The zero-order chi connectivity index (χ0) is 12.3. The van der Waals surface area contributed by atoms with E-state index in [9.17, 15) is 0 Å². The van der Waals surface area contributed by atoms with Gasteiger partial charge in [0.2, 0.25) is 5.95 Å². The van der Waals surface area contributed by atoms with Crippen LogP contribution in [0.5, 0.6) is 0 Å². The first-order chi connectivity index (χ1) is 8.23. The highest BCUT2D eigenvalue weighted by Gasteiger charge is 2.25. The molecule has 0 aliphatic carbocycles. The van der Waals surface area contributed by atoms with Gasteiger partial charge in [0, 0.05) is 5.88 Å². The fourth-order valence-electron chi connectivity index (χ4n) is 1.91. The molecular weight excluding hydrogens is 234 g/mol. The zero-order valence-corrected chi connectivity index (χ0v) is 11.0. The van der Waals surface area contributed by atoms with Crippen LogP contribution in [-0.4, -0.2) is 21.4 Å². The monoisotopic (exact) mass is 251 g/mol. The number of para-hydroxylation sites is 2. The first kappa shape index (κ1) is 12.2. The van der Waals surface area contributed by atoms with E-state index in [4.69, 9.17) is 11.6 Å². The van der Waals surface area contributed by atoms with E-state index < -0.39 is 0 Å². The molecule has 0 fully saturated rings. The molecule has 2 N–H and O–H groups in total. The van der Waals surface area contributed by atoms with E-state index >= 15 is 0 Å².